The predicted molar refractivity (Wildman–Crippen MR) is 74.9 cm³/mol. The second kappa shape index (κ2) is 7.82. The lowest BCUT2D eigenvalue weighted by atomic mass is 10.2. The van der Waals surface area contributed by atoms with Crippen LogP contribution in [0.4, 0.5) is 4.79 Å². The second-order valence-electron chi connectivity index (χ2n) is 5.12. The van der Waals surface area contributed by atoms with E-state index in [0.29, 0.717) is 19.7 Å². The normalized spacial score (nSPS) is 18.2. The van der Waals surface area contributed by atoms with Gasteiger partial charge in [-0.1, -0.05) is 0 Å². The minimum atomic E-state index is -0.954. The zero-order valence-corrected chi connectivity index (χ0v) is 12.7. The Hall–Kier alpha value is -1.83. The molecule has 1 fully saturated rings. The maximum atomic E-state index is 12.4. The number of carboxylic acids is 1. The van der Waals surface area contributed by atoms with Crippen LogP contribution >= 0.6 is 0 Å². The number of carbonyl (C=O) groups is 3. The summed E-state index contributed by atoms with van der Waals surface area (Å²) in [5, 5.41) is 8.78. The van der Waals surface area contributed by atoms with Crippen molar-refractivity contribution in [1.29, 1.82) is 0 Å². The summed E-state index contributed by atoms with van der Waals surface area (Å²) < 4.78 is 5.33. The van der Waals surface area contributed by atoms with Crippen LogP contribution in [0.5, 0.6) is 0 Å². The van der Waals surface area contributed by atoms with Crippen LogP contribution in [-0.2, 0) is 14.3 Å². The summed E-state index contributed by atoms with van der Waals surface area (Å²) in [7, 11) is 3.27. The molecule has 0 saturated carbocycles. The molecule has 0 spiro atoms. The Morgan fingerprint density at radius 2 is 2.00 bits per heavy atom. The zero-order chi connectivity index (χ0) is 16.0. The van der Waals surface area contributed by atoms with Gasteiger partial charge in [0.05, 0.1) is 19.1 Å². The highest BCUT2D eigenvalue weighted by molar-refractivity contribution is 5.84. The molecule has 1 N–H and O–H groups in total. The van der Waals surface area contributed by atoms with E-state index in [1.807, 2.05) is 0 Å². The topological polar surface area (TPSA) is 90.4 Å². The number of hydrogen-bond donors (Lipinski definition) is 1. The molecule has 0 aliphatic carbocycles. The SMILES string of the molecule is CCN(CC(=O)N(C)C)C(=O)N1CCOC(CC(=O)O)C1. The number of ether oxygens (including phenoxy) is 1. The number of urea groups is 1. The summed E-state index contributed by atoms with van der Waals surface area (Å²) in [4.78, 5) is 39.3. The standard InChI is InChI=1S/C13H23N3O5/c1-4-15(9-11(17)14(2)3)13(20)16-5-6-21-10(8-16)7-12(18)19/h10H,4-9H2,1-3H3,(H,18,19). The lowest BCUT2D eigenvalue weighted by molar-refractivity contribution is -0.141. The highest BCUT2D eigenvalue weighted by atomic mass is 16.5. The smallest absolute Gasteiger partial charge is 0.320 e. The molecule has 1 unspecified atom stereocenters. The van der Waals surface area contributed by atoms with E-state index in [9.17, 15) is 14.4 Å². The number of morpholine rings is 1. The van der Waals surface area contributed by atoms with Gasteiger partial charge in [0, 0.05) is 33.7 Å². The van der Waals surface area contributed by atoms with E-state index in [4.69, 9.17) is 9.84 Å². The van der Waals surface area contributed by atoms with E-state index in [0.717, 1.165) is 0 Å². The molecule has 0 aromatic rings. The maximum Gasteiger partial charge on any atom is 0.320 e. The van der Waals surface area contributed by atoms with Gasteiger partial charge in [0.2, 0.25) is 5.91 Å². The van der Waals surface area contributed by atoms with E-state index < -0.39 is 12.1 Å². The average Bonchev–Trinajstić information content (AvgIpc) is 2.43. The van der Waals surface area contributed by atoms with Gasteiger partial charge in [-0.05, 0) is 6.92 Å². The third-order valence-electron chi connectivity index (χ3n) is 3.29. The third-order valence-corrected chi connectivity index (χ3v) is 3.29. The van der Waals surface area contributed by atoms with Crippen LogP contribution in [0.1, 0.15) is 13.3 Å². The van der Waals surface area contributed by atoms with Crippen LogP contribution in [0.15, 0.2) is 0 Å². The molecular formula is C13H23N3O5. The molecule has 8 nitrogen and oxygen atoms in total. The Kier molecular flexibility index (Phi) is 6.41. The van der Waals surface area contributed by atoms with Crippen molar-refractivity contribution in [3.05, 3.63) is 0 Å². The van der Waals surface area contributed by atoms with Gasteiger partial charge in [-0.3, -0.25) is 9.59 Å². The molecule has 1 saturated heterocycles. The summed E-state index contributed by atoms with van der Waals surface area (Å²) in [5.74, 6) is -1.11. The number of likely N-dealkylation sites (N-methyl/N-ethyl adjacent to an activating group) is 2. The summed E-state index contributed by atoms with van der Waals surface area (Å²) in [6, 6.07) is -0.258. The first kappa shape index (κ1) is 17.2. The van der Waals surface area contributed by atoms with Crippen LogP contribution in [0.25, 0.3) is 0 Å². The molecule has 1 aliphatic heterocycles. The molecule has 1 aliphatic rings. The van der Waals surface area contributed by atoms with Crippen molar-refractivity contribution in [3.8, 4) is 0 Å². The molecule has 21 heavy (non-hydrogen) atoms. The highest BCUT2D eigenvalue weighted by Gasteiger charge is 2.29. The molecule has 0 aromatic carbocycles. The van der Waals surface area contributed by atoms with Gasteiger partial charge in [-0.25, -0.2) is 4.79 Å². The van der Waals surface area contributed by atoms with Gasteiger partial charge < -0.3 is 24.5 Å². The fourth-order valence-corrected chi connectivity index (χ4v) is 2.03. The summed E-state index contributed by atoms with van der Waals surface area (Å²) in [5.41, 5.74) is 0. The molecule has 1 heterocycles. The van der Waals surface area contributed by atoms with E-state index in [1.165, 1.54) is 9.80 Å². The van der Waals surface area contributed by atoms with Crippen molar-refractivity contribution in [2.75, 3.05) is 46.9 Å². The van der Waals surface area contributed by atoms with Crippen LogP contribution in [0.2, 0.25) is 0 Å². The Morgan fingerprint density at radius 3 is 2.52 bits per heavy atom. The monoisotopic (exact) mass is 301 g/mol. The van der Waals surface area contributed by atoms with Crippen molar-refractivity contribution in [3.63, 3.8) is 0 Å². The van der Waals surface area contributed by atoms with E-state index >= 15 is 0 Å². The number of amides is 3. The fraction of sp³-hybridized carbons (Fsp3) is 0.769. The van der Waals surface area contributed by atoms with Crippen LogP contribution in [0.3, 0.4) is 0 Å². The maximum absolute atomic E-state index is 12.4. The quantitative estimate of drug-likeness (QED) is 0.752. The van der Waals surface area contributed by atoms with E-state index in [1.54, 1.807) is 25.9 Å². The summed E-state index contributed by atoms with van der Waals surface area (Å²) in [6.07, 6.45) is -0.629. The van der Waals surface area contributed by atoms with Crippen molar-refractivity contribution in [2.24, 2.45) is 0 Å². The Bertz CT molecular complexity index is 399. The molecule has 0 aromatic heterocycles. The third kappa shape index (κ3) is 5.22. The molecule has 1 rings (SSSR count). The number of carboxylic acid groups (broad SMARTS) is 1. The van der Waals surface area contributed by atoms with Gasteiger partial charge in [-0.15, -0.1) is 0 Å². The van der Waals surface area contributed by atoms with E-state index in [2.05, 4.69) is 0 Å². The Balaban J connectivity index is 2.62. The molecule has 1 atom stereocenters. The minimum Gasteiger partial charge on any atom is -0.481 e. The second-order valence-corrected chi connectivity index (χ2v) is 5.12. The number of rotatable bonds is 5. The van der Waals surface area contributed by atoms with Crippen LogP contribution < -0.4 is 0 Å². The largest absolute Gasteiger partial charge is 0.481 e. The molecule has 8 heteroatoms. The van der Waals surface area contributed by atoms with Gasteiger partial charge in [-0.2, -0.15) is 0 Å². The number of hydrogen-bond acceptors (Lipinski definition) is 4. The van der Waals surface area contributed by atoms with Crippen LogP contribution in [0, 0.1) is 0 Å². The number of nitrogens with zero attached hydrogens (tertiary/aromatic N) is 3. The molecule has 0 bridgehead atoms. The molecular weight excluding hydrogens is 278 g/mol. The molecule has 3 amide bonds. The fourth-order valence-electron chi connectivity index (χ4n) is 2.03. The van der Waals surface area contributed by atoms with Crippen molar-refractivity contribution in [1.82, 2.24) is 14.7 Å². The van der Waals surface area contributed by atoms with Gasteiger partial charge in [0.15, 0.2) is 0 Å². The lowest BCUT2D eigenvalue weighted by Crippen LogP contribution is -2.53. The van der Waals surface area contributed by atoms with E-state index in [-0.39, 0.29) is 31.4 Å². The molecule has 120 valence electrons. The highest BCUT2D eigenvalue weighted by Crippen LogP contribution is 2.11. The zero-order valence-electron chi connectivity index (χ0n) is 12.7. The minimum absolute atomic E-state index is 0.0172. The van der Waals surface area contributed by atoms with Crippen molar-refractivity contribution in [2.45, 2.75) is 19.4 Å². The first-order valence-corrected chi connectivity index (χ1v) is 6.92. The van der Waals surface area contributed by atoms with Gasteiger partial charge in [0.1, 0.15) is 6.54 Å². The lowest BCUT2D eigenvalue weighted by Gasteiger charge is -2.35. The van der Waals surface area contributed by atoms with Gasteiger partial charge >= 0.3 is 12.0 Å². The molecule has 0 radical (unpaired) electrons. The predicted octanol–water partition coefficient (Wildman–Crippen LogP) is -0.308. The number of carbonyl (C=O) groups excluding carboxylic acids is 2. The van der Waals surface area contributed by atoms with Crippen molar-refractivity contribution < 1.29 is 24.2 Å². The Morgan fingerprint density at radius 1 is 1.33 bits per heavy atom. The first-order chi connectivity index (χ1) is 9.85. The first-order valence-electron chi connectivity index (χ1n) is 6.92. The van der Waals surface area contributed by atoms with Gasteiger partial charge in [0.25, 0.3) is 0 Å². The summed E-state index contributed by atoms with van der Waals surface area (Å²) >= 11 is 0. The van der Waals surface area contributed by atoms with Crippen molar-refractivity contribution >= 4 is 17.9 Å². The Labute approximate surface area is 124 Å². The van der Waals surface area contributed by atoms with Crippen LogP contribution in [-0.4, -0.2) is 90.7 Å². The average molecular weight is 301 g/mol. The summed E-state index contributed by atoms with van der Waals surface area (Å²) in [6.45, 7) is 3.18. The number of aliphatic carboxylic acids is 1.